The van der Waals surface area contributed by atoms with Gasteiger partial charge in [-0.3, -0.25) is 0 Å². The van der Waals surface area contributed by atoms with Gasteiger partial charge in [0.05, 0.1) is 11.8 Å². The summed E-state index contributed by atoms with van der Waals surface area (Å²) >= 11 is 0. The second-order valence-corrected chi connectivity index (χ2v) is 6.13. The first-order valence-corrected chi connectivity index (χ1v) is 8.49. The average molecular weight is 499 g/mol. The lowest BCUT2D eigenvalue weighted by atomic mass is 10.2. The van der Waals surface area contributed by atoms with Crippen molar-refractivity contribution in [1.29, 1.82) is 0 Å². The molecule has 8 heteroatoms. The molecule has 0 spiro atoms. The Morgan fingerprint density at radius 2 is 1.93 bits per heavy atom. The Hall–Kier alpha value is -1.93. The third-order valence-corrected chi connectivity index (χ3v) is 4.08. The zero-order chi connectivity index (χ0) is 17.5. The number of aromatic nitrogens is 1. The fourth-order valence-corrected chi connectivity index (χ4v) is 2.72. The number of nitrogens with two attached hydrogens (primary N) is 1. The molecule has 2 aromatic rings. The van der Waals surface area contributed by atoms with Gasteiger partial charge in [0.2, 0.25) is 5.96 Å². The molecular formula is C19H25Br2N5O. The highest BCUT2D eigenvalue weighted by molar-refractivity contribution is 8.93. The number of aryl methyl sites for hydroxylation is 1. The topological polar surface area (TPSA) is 67.1 Å². The van der Waals surface area contributed by atoms with Crippen molar-refractivity contribution in [2.45, 2.75) is 19.4 Å². The van der Waals surface area contributed by atoms with Crippen LogP contribution < -0.4 is 32.0 Å². The highest BCUT2D eigenvalue weighted by Crippen LogP contribution is 2.13. The Morgan fingerprint density at radius 3 is 2.59 bits per heavy atom. The van der Waals surface area contributed by atoms with E-state index in [0.29, 0.717) is 12.6 Å². The maximum absolute atomic E-state index is 5.91. The van der Waals surface area contributed by atoms with Crippen molar-refractivity contribution in [1.82, 2.24) is 4.90 Å². The molecule has 2 heterocycles. The second-order valence-electron chi connectivity index (χ2n) is 6.13. The molecule has 1 fully saturated rings. The summed E-state index contributed by atoms with van der Waals surface area (Å²) in [6.07, 6.45) is 8.08. The van der Waals surface area contributed by atoms with Crippen LogP contribution in [0.4, 0.5) is 0 Å². The molecule has 1 aliphatic heterocycles. The monoisotopic (exact) mass is 497 g/mol. The summed E-state index contributed by atoms with van der Waals surface area (Å²) in [6.45, 7) is 2.48. The molecule has 3 rings (SSSR count). The standard InChI is InChI=1S/C19H24N5O.2BrH/c1-23-10-4-5-17(14-23)15-25-18-8-6-16(7-9-18)13-21-22-19(20)24-11-2-3-12-24;;/h4-10,13-14H,2-3,11-12,15H2,1H3,(H2,20,22);2*1H/q+1;;/p-1/b21-13+;;. The van der Waals surface area contributed by atoms with Gasteiger partial charge in [-0.2, -0.15) is 5.10 Å². The molecule has 0 amide bonds. The summed E-state index contributed by atoms with van der Waals surface area (Å²) in [7, 11) is 2.00. The lowest BCUT2D eigenvalue weighted by molar-refractivity contribution is -0.672. The van der Waals surface area contributed by atoms with Gasteiger partial charge in [0, 0.05) is 19.2 Å². The molecule has 6 nitrogen and oxygen atoms in total. The molecule has 2 N–H and O–H groups in total. The van der Waals surface area contributed by atoms with E-state index in [2.05, 4.69) is 15.1 Å². The molecule has 0 aliphatic carbocycles. The summed E-state index contributed by atoms with van der Waals surface area (Å²) in [5, 5.41) is 8.14. The molecule has 1 aromatic heterocycles. The molecule has 0 radical (unpaired) electrons. The molecule has 27 heavy (non-hydrogen) atoms. The van der Waals surface area contributed by atoms with E-state index in [-0.39, 0.29) is 34.0 Å². The highest BCUT2D eigenvalue weighted by atomic mass is 79.9. The van der Waals surface area contributed by atoms with Gasteiger partial charge in [-0.15, -0.1) is 22.1 Å². The van der Waals surface area contributed by atoms with Crippen LogP contribution in [0.5, 0.6) is 5.75 Å². The van der Waals surface area contributed by atoms with Crippen molar-refractivity contribution in [3.05, 3.63) is 59.9 Å². The number of hydrogen-bond donors (Lipinski definition) is 1. The minimum absolute atomic E-state index is 0. The van der Waals surface area contributed by atoms with E-state index in [0.717, 1.165) is 30.0 Å². The maximum atomic E-state index is 5.91. The van der Waals surface area contributed by atoms with Gasteiger partial charge in [0.1, 0.15) is 19.4 Å². The van der Waals surface area contributed by atoms with Crippen LogP contribution in [-0.2, 0) is 13.7 Å². The molecule has 1 aliphatic rings. The van der Waals surface area contributed by atoms with E-state index in [1.165, 1.54) is 12.8 Å². The van der Waals surface area contributed by atoms with Crippen molar-refractivity contribution in [3.8, 4) is 5.75 Å². The smallest absolute Gasteiger partial charge is 0.216 e. The molecule has 1 saturated heterocycles. The molecular weight excluding hydrogens is 474 g/mol. The Labute approximate surface area is 181 Å². The van der Waals surface area contributed by atoms with Crippen LogP contribution in [0.1, 0.15) is 24.0 Å². The SMILES string of the molecule is Br.C[n+]1cccc(COc2ccc(/C=N/N=C(N)N3CCCC3)cc2)c1.[Br-]. The summed E-state index contributed by atoms with van der Waals surface area (Å²) < 4.78 is 7.81. The third kappa shape index (κ3) is 7.30. The minimum atomic E-state index is 0. The number of halogens is 2. The Balaban J connectivity index is 0.00000182. The van der Waals surface area contributed by atoms with E-state index in [1.807, 2.05) is 60.4 Å². The number of likely N-dealkylation sites (tertiary alicyclic amines) is 1. The second kappa shape index (κ2) is 11.7. The van der Waals surface area contributed by atoms with E-state index < -0.39 is 0 Å². The summed E-state index contributed by atoms with van der Waals surface area (Å²) in [4.78, 5) is 2.05. The van der Waals surface area contributed by atoms with Gasteiger partial charge >= 0.3 is 0 Å². The zero-order valence-corrected chi connectivity index (χ0v) is 18.6. The van der Waals surface area contributed by atoms with Crippen LogP contribution in [0, 0.1) is 0 Å². The molecule has 1 aromatic carbocycles. The summed E-state index contributed by atoms with van der Waals surface area (Å²) in [5.41, 5.74) is 8.00. The van der Waals surface area contributed by atoms with Crippen LogP contribution in [-0.4, -0.2) is 30.2 Å². The molecule has 0 bridgehead atoms. The average Bonchev–Trinajstić information content (AvgIpc) is 3.16. The summed E-state index contributed by atoms with van der Waals surface area (Å²) in [5.74, 6) is 1.31. The van der Waals surface area contributed by atoms with Gasteiger partial charge in [-0.25, -0.2) is 4.57 Å². The zero-order valence-electron chi connectivity index (χ0n) is 15.3. The number of benzene rings is 1. The van der Waals surface area contributed by atoms with E-state index in [4.69, 9.17) is 10.5 Å². The number of hydrogen-bond acceptors (Lipinski definition) is 3. The Kier molecular flexibility index (Phi) is 10.0. The van der Waals surface area contributed by atoms with Crippen LogP contribution >= 0.6 is 17.0 Å². The van der Waals surface area contributed by atoms with Gasteiger partial charge in [0.15, 0.2) is 12.4 Å². The van der Waals surface area contributed by atoms with Crippen LogP contribution in [0.25, 0.3) is 0 Å². The fourth-order valence-electron chi connectivity index (χ4n) is 2.72. The number of guanidine groups is 1. The molecule has 0 unspecified atom stereocenters. The minimum Gasteiger partial charge on any atom is -1.00 e. The first-order valence-electron chi connectivity index (χ1n) is 8.49. The van der Waals surface area contributed by atoms with E-state index in [9.17, 15) is 0 Å². The first kappa shape index (κ1) is 23.1. The van der Waals surface area contributed by atoms with E-state index in [1.54, 1.807) is 6.21 Å². The van der Waals surface area contributed by atoms with Gasteiger partial charge in [-0.05, 0) is 48.7 Å². The fraction of sp³-hybridized carbons (Fsp3) is 0.316. The number of nitrogens with zero attached hydrogens (tertiary/aromatic N) is 4. The normalized spacial score (nSPS) is 14.0. The lowest BCUT2D eigenvalue weighted by Crippen LogP contribution is -3.00. The van der Waals surface area contributed by atoms with E-state index >= 15 is 0 Å². The molecule has 0 saturated carbocycles. The number of ether oxygens (including phenoxy) is 1. The number of pyridine rings is 1. The Morgan fingerprint density at radius 1 is 1.22 bits per heavy atom. The van der Waals surface area contributed by atoms with Crippen molar-refractivity contribution in [3.63, 3.8) is 0 Å². The van der Waals surface area contributed by atoms with Gasteiger partial charge in [0.25, 0.3) is 0 Å². The predicted octanol–water partition coefficient (Wildman–Crippen LogP) is -0.584. The first-order chi connectivity index (χ1) is 12.2. The third-order valence-electron chi connectivity index (χ3n) is 4.08. The quantitative estimate of drug-likeness (QED) is 0.259. The predicted molar refractivity (Wildman–Crippen MR) is 109 cm³/mol. The van der Waals surface area contributed by atoms with Crippen molar-refractivity contribution in [2.24, 2.45) is 23.0 Å². The molecule has 146 valence electrons. The van der Waals surface area contributed by atoms with Crippen LogP contribution in [0.3, 0.4) is 0 Å². The van der Waals surface area contributed by atoms with Crippen LogP contribution in [0.15, 0.2) is 59.0 Å². The van der Waals surface area contributed by atoms with Crippen molar-refractivity contribution < 1.29 is 26.3 Å². The molecule has 0 atom stereocenters. The highest BCUT2D eigenvalue weighted by Gasteiger charge is 2.12. The maximum Gasteiger partial charge on any atom is 0.216 e. The van der Waals surface area contributed by atoms with Gasteiger partial charge in [-0.1, -0.05) is 0 Å². The largest absolute Gasteiger partial charge is 1.00 e. The van der Waals surface area contributed by atoms with Crippen molar-refractivity contribution in [2.75, 3.05) is 13.1 Å². The van der Waals surface area contributed by atoms with Gasteiger partial charge < -0.3 is 32.4 Å². The Bertz CT molecular complexity index is 759. The number of rotatable bonds is 5. The van der Waals surface area contributed by atoms with Crippen LogP contribution in [0.2, 0.25) is 0 Å². The summed E-state index contributed by atoms with van der Waals surface area (Å²) in [6, 6.07) is 11.8. The lowest BCUT2D eigenvalue weighted by Gasteiger charge is -2.13. The van der Waals surface area contributed by atoms with Crippen molar-refractivity contribution >= 4 is 29.2 Å².